The first-order valence-corrected chi connectivity index (χ1v) is 7.49. The molecule has 6 nitrogen and oxygen atoms in total. The zero-order chi connectivity index (χ0) is 17.7. The predicted octanol–water partition coefficient (Wildman–Crippen LogP) is 2.85. The van der Waals surface area contributed by atoms with Crippen LogP contribution in [-0.4, -0.2) is 25.0 Å². The van der Waals surface area contributed by atoms with Crippen molar-refractivity contribution < 1.29 is 19.1 Å². The lowest BCUT2D eigenvalue weighted by Crippen LogP contribution is -2.30. The van der Waals surface area contributed by atoms with Gasteiger partial charge in [0.1, 0.15) is 11.5 Å². The molecule has 0 aromatic heterocycles. The number of primary amides is 1. The van der Waals surface area contributed by atoms with Gasteiger partial charge in [0.05, 0.1) is 12.8 Å². The molecule has 0 bridgehead atoms. The highest BCUT2D eigenvalue weighted by Gasteiger charge is 2.17. The van der Waals surface area contributed by atoms with Gasteiger partial charge in [-0.3, -0.25) is 9.59 Å². The molecule has 0 fully saturated rings. The van der Waals surface area contributed by atoms with E-state index in [1.807, 2.05) is 0 Å². The van der Waals surface area contributed by atoms with Crippen molar-refractivity contribution in [2.24, 2.45) is 5.73 Å². The number of anilines is 1. The van der Waals surface area contributed by atoms with Gasteiger partial charge >= 0.3 is 0 Å². The maximum Gasteiger partial charge on any atom is 0.265 e. The lowest BCUT2D eigenvalue weighted by Gasteiger charge is -2.16. The molecule has 0 radical (unpaired) electrons. The van der Waals surface area contributed by atoms with Crippen LogP contribution in [0.2, 0.25) is 5.02 Å². The molecule has 1 atom stereocenters. The maximum absolute atomic E-state index is 12.3. The SMILES string of the molecule is COc1ccc(Cl)cc1NC(=O)[C@@H](C)Oc1ccc(C(N)=O)cc1. The molecule has 0 heterocycles. The van der Waals surface area contributed by atoms with E-state index in [4.69, 9.17) is 26.8 Å². The van der Waals surface area contributed by atoms with E-state index in [2.05, 4.69) is 5.32 Å². The highest BCUT2D eigenvalue weighted by Crippen LogP contribution is 2.28. The van der Waals surface area contributed by atoms with Crippen LogP contribution in [0.25, 0.3) is 0 Å². The standard InChI is InChI=1S/C17H17ClN2O4/c1-10(24-13-6-3-11(4-7-13)16(19)21)17(22)20-14-9-12(18)5-8-15(14)23-2/h3-10H,1-2H3,(H2,19,21)(H,20,22)/t10-/m1/s1. The number of ether oxygens (including phenoxy) is 2. The van der Waals surface area contributed by atoms with Crippen LogP contribution >= 0.6 is 11.6 Å². The fourth-order valence-electron chi connectivity index (χ4n) is 1.97. The van der Waals surface area contributed by atoms with Crippen LogP contribution in [-0.2, 0) is 4.79 Å². The number of nitrogens with one attached hydrogen (secondary N) is 1. The average molecular weight is 349 g/mol. The van der Waals surface area contributed by atoms with Crippen molar-refractivity contribution in [3.05, 3.63) is 53.1 Å². The first kappa shape index (κ1) is 17.6. The molecule has 126 valence electrons. The summed E-state index contributed by atoms with van der Waals surface area (Å²) in [4.78, 5) is 23.3. The number of methoxy groups -OCH3 is 1. The van der Waals surface area contributed by atoms with E-state index in [-0.39, 0.29) is 5.91 Å². The van der Waals surface area contributed by atoms with E-state index >= 15 is 0 Å². The Labute approximate surface area is 144 Å². The molecule has 0 saturated heterocycles. The Balaban J connectivity index is 2.04. The Morgan fingerprint density at radius 1 is 1.17 bits per heavy atom. The van der Waals surface area contributed by atoms with Crippen LogP contribution in [0, 0.1) is 0 Å². The third kappa shape index (κ3) is 4.39. The molecule has 2 rings (SSSR count). The number of rotatable bonds is 6. The first-order valence-electron chi connectivity index (χ1n) is 7.11. The molecule has 2 amide bonds. The predicted molar refractivity (Wildman–Crippen MR) is 91.7 cm³/mol. The molecule has 0 aliphatic rings. The third-order valence-electron chi connectivity index (χ3n) is 3.24. The number of nitrogens with two attached hydrogens (primary N) is 1. The van der Waals surface area contributed by atoms with Crippen LogP contribution in [0.1, 0.15) is 17.3 Å². The number of amides is 2. The van der Waals surface area contributed by atoms with Crippen molar-refractivity contribution in [2.45, 2.75) is 13.0 Å². The van der Waals surface area contributed by atoms with Crippen molar-refractivity contribution in [2.75, 3.05) is 12.4 Å². The van der Waals surface area contributed by atoms with Gasteiger partial charge in [0.15, 0.2) is 6.10 Å². The largest absolute Gasteiger partial charge is 0.495 e. The van der Waals surface area contributed by atoms with Crippen LogP contribution in [0.3, 0.4) is 0 Å². The molecule has 0 aliphatic heterocycles. The van der Waals surface area contributed by atoms with Crippen molar-refractivity contribution in [3.63, 3.8) is 0 Å². The van der Waals surface area contributed by atoms with Gasteiger partial charge in [-0.1, -0.05) is 11.6 Å². The van der Waals surface area contributed by atoms with Crippen molar-refractivity contribution in [1.82, 2.24) is 0 Å². The Hall–Kier alpha value is -2.73. The maximum atomic E-state index is 12.3. The second-order valence-corrected chi connectivity index (χ2v) is 5.42. The summed E-state index contributed by atoms with van der Waals surface area (Å²) in [5.74, 6) is 0.0430. The number of hydrogen-bond donors (Lipinski definition) is 2. The van der Waals surface area contributed by atoms with E-state index in [1.165, 1.54) is 19.2 Å². The molecule has 0 aliphatic carbocycles. The van der Waals surface area contributed by atoms with Crippen molar-refractivity contribution in [1.29, 1.82) is 0 Å². The smallest absolute Gasteiger partial charge is 0.265 e. The van der Waals surface area contributed by atoms with Gasteiger partial charge in [-0.25, -0.2) is 0 Å². The zero-order valence-corrected chi connectivity index (χ0v) is 14.0. The Morgan fingerprint density at radius 3 is 2.42 bits per heavy atom. The van der Waals surface area contributed by atoms with Crippen molar-refractivity contribution in [3.8, 4) is 11.5 Å². The average Bonchev–Trinajstić information content (AvgIpc) is 2.55. The van der Waals surface area contributed by atoms with Crippen LogP contribution in [0.4, 0.5) is 5.69 Å². The molecule has 0 unspecified atom stereocenters. The van der Waals surface area contributed by atoms with Gasteiger partial charge in [-0.05, 0) is 49.4 Å². The van der Waals surface area contributed by atoms with E-state index < -0.39 is 12.0 Å². The topological polar surface area (TPSA) is 90.7 Å². The number of carbonyl (C=O) groups is 2. The third-order valence-corrected chi connectivity index (χ3v) is 3.48. The van der Waals surface area contributed by atoms with Crippen LogP contribution in [0.15, 0.2) is 42.5 Å². The highest BCUT2D eigenvalue weighted by molar-refractivity contribution is 6.31. The minimum absolute atomic E-state index is 0.364. The zero-order valence-electron chi connectivity index (χ0n) is 13.2. The second kappa shape index (κ2) is 7.70. The monoisotopic (exact) mass is 348 g/mol. The molecule has 2 aromatic rings. The summed E-state index contributed by atoms with van der Waals surface area (Å²) < 4.78 is 10.7. The normalized spacial score (nSPS) is 11.5. The summed E-state index contributed by atoms with van der Waals surface area (Å²) in [6.07, 6.45) is -0.770. The van der Waals surface area contributed by atoms with Gasteiger partial charge in [0, 0.05) is 10.6 Å². The molecule has 7 heteroatoms. The lowest BCUT2D eigenvalue weighted by molar-refractivity contribution is -0.122. The fourth-order valence-corrected chi connectivity index (χ4v) is 2.14. The first-order chi connectivity index (χ1) is 11.4. The number of benzene rings is 2. The summed E-state index contributed by atoms with van der Waals surface area (Å²) in [7, 11) is 1.50. The molecular weight excluding hydrogens is 332 g/mol. The Bertz CT molecular complexity index is 747. The van der Waals surface area contributed by atoms with Gasteiger partial charge in [0.25, 0.3) is 5.91 Å². The fraction of sp³-hybridized carbons (Fsp3) is 0.176. The van der Waals surface area contributed by atoms with Gasteiger partial charge in [-0.2, -0.15) is 0 Å². The number of carbonyl (C=O) groups excluding carboxylic acids is 2. The molecule has 24 heavy (non-hydrogen) atoms. The summed E-state index contributed by atoms with van der Waals surface area (Å²) >= 11 is 5.93. The molecular formula is C17H17ClN2O4. The van der Waals surface area contributed by atoms with E-state index in [0.29, 0.717) is 27.8 Å². The Kier molecular flexibility index (Phi) is 5.65. The van der Waals surface area contributed by atoms with Gasteiger partial charge in [-0.15, -0.1) is 0 Å². The molecule has 2 aromatic carbocycles. The number of hydrogen-bond acceptors (Lipinski definition) is 4. The molecule has 0 saturated carbocycles. The molecule has 0 spiro atoms. The second-order valence-electron chi connectivity index (χ2n) is 4.98. The summed E-state index contributed by atoms with van der Waals surface area (Å²) in [6.45, 7) is 1.61. The summed E-state index contributed by atoms with van der Waals surface area (Å²) in [6, 6.07) is 11.1. The van der Waals surface area contributed by atoms with Crippen molar-refractivity contribution >= 4 is 29.1 Å². The van der Waals surface area contributed by atoms with E-state index in [0.717, 1.165) is 0 Å². The highest BCUT2D eigenvalue weighted by atomic mass is 35.5. The van der Waals surface area contributed by atoms with E-state index in [1.54, 1.807) is 37.3 Å². The summed E-state index contributed by atoms with van der Waals surface area (Å²) in [5.41, 5.74) is 5.99. The number of halogens is 1. The van der Waals surface area contributed by atoms with Crippen LogP contribution in [0.5, 0.6) is 11.5 Å². The lowest BCUT2D eigenvalue weighted by atomic mass is 10.2. The Morgan fingerprint density at radius 2 is 1.83 bits per heavy atom. The van der Waals surface area contributed by atoms with Crippen LogP contribution < -0.4 is 20.5 Å². The van der Waals surface area contributed by atoms with Gasteiger partial charge in [0.2, 0.25) is 5.91 Å². The summed E-state index contributed by atoms with van der Waals surface area (Å²) in [5, 5.41) is 3.18. The van der Waals surface area contributed by atoms with E-state index in [9.17, 15) is 9.59 Å². The minimum Gasteiger partial charge on any atom is -0.495 e. The van der Waals surface area contributed by atoms with Gasteiger partial charge < -0.3 is 20.5 Å². The molecule has 3 N–H and O–H groups in total. The minimum atomic E-state index is -0.770. The quantitative estimate of drug-likeness (QED) is 0.839.